The van der Waals surface area contributed by atoms with Gasteiger partial charge in [-0.1, -0.05) is 57.1 Å². The van der Waals surface area contributed by atoms with E-state index in [4.69, 9.17) is 4.74 Å². The number of ether oxygens (including phenoxy) is 1. The van der Waals surface area contributed by atoms with Crippen LogP contribution in [0.3, 0.4) is 0 Å². The van der Waals surface area contributed by atoms with Gasteiger partial charge < -0.3 is 4.74 Å². The predicted octanol–water partition coefficient (Wildman–Crippen LogP) is 3.03. The summed E-state index contributed by atoms with van der Waals surface area (Å²) < 4.78 is 5.62. The molecule has 76 valence electrons. The van der Waals surface area contributed by atoms with Crippen LogP contribution in [0.5, 0.6) is 5.75 Å². The Kier molecular flexibility index (Phi) is 3.76. The van der Waals surface area contributed by atoms with E-state index in [1.165, 1.54) is 5.30 Å². The summed E-state index contributed by atoms with van der Waals surface area (Å²) in [5.74, 6) is 0.945. The van der Waals surface area contributed by atoms with Crippen molar-refractivity contribution in [1.82, 2.24) is 0 Å². The average molecular weight is 216 g/mol. The van der Waals surface area contributed by atoms with Crippen LogP contribution in [0.25, 0.3) is 0 Å². The van der Waals surface area contributed by atoms with Crippen molar-refractivity contribution in [3.8, 4) is 5.75 Å². The molecule has 0 spiro atoms. The molecule has 2 aromatic rings. The second-order valence-electron chi connectivity index (χ2n) is 3.14. The zero-order valence-corrected chi connectivity index (χ0v) is 9.39. The Labute approximate surface area is 91.9 Å². The summed E-state index contributed by atoms with van der Waals surface area (Å²) in [6.45, 7) is 0. The average Bonchev–Trinajstić information content (AvgIpc) is 2.32. The molecule has 0 radical (unpaired) electrons. The molecule has 0 heterocycles. The largest absolute Gasteiger partial charge is 0.489 e. The predicted molar refractivity (Wildman–Crippen MR) is 66.3 cm³/mol. The highest BCUT2D eigenvalue weighted by molar-refractivity contribution is 7.46. The maximum absolute atomic E-state index is 5.62. The minimum atomic E-state index is 0.708. The summed E-state index contributed by atoms with van der Waals surface area (Å²) in [4.78, 5) is 0. The number of benzene rings is 2. The quantitative estimate of drug-likeness (QED) is 0.714. The molecule has 1 unspecified atom stereocenters. The summed E-state index contributed by atoms with van der Waals surface area (Å²) in [5.41, 5.74) is 0. The van der Waals surface area contributed by atoms with Crippen molar-refractivity contribution in [2.24, 2.45) is 0 Å². The first-order valence-electron chi connectivity index (χ1n) is 4.92. The molecule has 0 N–H and O–H groups in total. The third kappa shape index (κ3) is 3.38. The van der Waals surface area contributed by atoms with E-state index in [9.17, 15) is 0 Å². The van der Waals surface area contributed by atoms with Gasteiger partial charge in [-0.05, 0) is 17.4 Å². The Morgan fingerprint density at radius 3 is 2.07 bits per heavy atom. The van der Waals surface area contributed by atoms with Gasteiger partial charge in [-0.25, -0.2) is 0 Å². The second-order valence-corrected chi connectivity index (χ2v) is 4.36. The Balaban J connectivity index is 1.81. The van der Waals surface area contributed by atoms with Crippen molar-refractivity contribution in [2.45, 2.75) is 0 Å². The molecule has 0 saturated heterocycles. The van der Waals surface area contributed by atoms with E-state index in [1.807, 2.05) is 36.4 Å². The van der Waals surface area contributed by atoms with Crippen LogP contribution in [0.15, 0.2) is 60.7 Å². The number of rotatable bonds is 4. The van der Waals surface area contributed by atoms with Crippen LogP contribution in [0, 0.1) is 0 Å². The summed E-state index contributed by atoms with van der Waals surface area (Å²) in [6.07, 6.45) is 0.758. The van der Waals surface area contributed by atoms with E-state index in [0.717, 1.165) is 12.1 Å². The van der Waals surface area contributed by atoms with Gasteiger partial charge in [0.15, 0.2) is 0 Å². The van der Waals surface area contributed by atoms with Gasteiger partial charge in [0.25, 0.3) is 0 Å². The van der Waals surface area contributed by atoms with Gasteiger partial charge >= 0.3 is 0 Å². The first-order chi connectivity index (χ1) is 7.45. The van der Waals surface area contributed by atoms with Gasteiger partial charge in [-0.3, -0.25) is 0 Å². The lowest BCUT2D eigenvalue weighted by Gasteiger charge is -2.05. The molecule has 0 aliphatic carbocycles. The molecular formula is C13H13OP. The normalized spacial score (nSPS) is 10.7. The molecule has 0 aliphatic rings. The molecule has 0 amide bonds. The molecule has 0 fully saturated rings. The fourth-order valence-electron chi connectivity index (χ4n) is 1.28. The highest BCUT2D eigenvalue weighted by Gasteiger charge is 1.93. The van der Waals surface area contributed by atoms with Gasteiger partial charge in [-0.15, -0.1) is 0 Å². The van der Waals surface area contributed by atoms with Gasteiger partial charge in [0.1, 0.15) is 12.1 Å². The van der Waals surface area contributed by atoms with Crippen LogP contribution in [0.1, 0.15) is 0 Å². The molecule has 1 nitrogen and oxygen atoms in total. The third-order valence-electron chi connectivity index (χ3n) is 2.03. The zero-order valence-electron chi connectivity index (χ0n) is 8.39. The van der Waals surface area contributed by atoms with E-state index >= 15 is 0 Å². The first-order valence-corrected chi connectivity index (χ1v) is 6.12. The Morgan fingerprint density at radius 1 is 0.800 bits per heavy atom. The molecule has 0 bridgehead atoms. The Bertz CT molecular complexity index is 346. The first kappa shape index (κ1) is 10.2. The summed E-state index contributed by atoms with van der Waals surface area (Å²) >= 11 is 0. The number of hydrogen-bond acceptors (Lipinski definition) is 1. The molecule has 2 rings (SSSR count). The number of hydrogen-bond donors (Lipinski definition) is 0. The maximum atomic E-state index is 5.62. The highest BCUT2D eigenvalue weighted by atomic mass is 31.1. The molecule has 0 aliphatic heterocycles. The maximum Gasteiger partial charge on any atom is 0.119 e. The Hall–Kier alpha value is -1.33. The summed E-state index contributed by atoms with van der Waals surface area (Å²) in [5, 5.41) is 1.34. The molecule has 2 heteroatoms. The van der Waals surface area contributed by atoms with Gasteiger partial charge in [0.05, 0.1) is 0 Å². The molecule has 15 heavy (non-hydrogen) atoms. The standard InChI is InChI=1S/C13H13OP/c1-3-7-12(8-4-1)14-11-15-13-9-5-2-6-10-13/h1-10,15H,11H2. The van der Waals surface area contributed by atoms with Crippen LogP contribution in [0.2, 0.25) is 0 Å². The monoisotopic (exact) mass is 216 g/mol. The van der Waals surface area contributed by atoms with Crippen molar-refractivity contribution in [3.63, 3.8) is 0 Å². The lowest BCUT2D eigenvalue weighted by Crippen LogP contribution is -1.98. The fourth-order valence-corrected chi connectivity index (χ4v) is 2.11. The van der Waals surface area contributed by atoms with E-state index in [-0.39, 0.29) is 0 Å². The van der Waals surface area contributed by atoms with Crippen molar-refractivity contribution in [2.75, 3.05) is 6.35 Å². The van der Waals surface area contributed by atoms with Gasteiger partial charge in [0.2, 0.25) is 0 Å². The van der Waals surface area contributed by atoms with Crippen molar-refractivity contribution < 1.29 is 4.74 Å². The van der Waals surface area contributed by atoms with E-state index in [1.54, 1.807) is 0 Å². The van der Waals surface area contributed by atoms with Crippen molar-refractivity contribution in [3.05, 3.63) is 60.7 Å². The zero-order chi connectivity index (χ0) is 10.3. The summed E-state index contributed by atoms with van der Waals surface area (Å²) in [6, 6.07) is 20.3. The van der Waals surface area contributed by atoms with Crippen LogP contribution in [-0.4, -0.2) is 6.35 Å². The van der Waals surface area contributed by atoms with E-state index < -0.39 is 0 Å². The SMILES string of the molecule is c1ccc(OCPc2ccccc2)cc1. The summed E-state index contributed by atoms with van der Waals surface area (Å²) in [7, 11) is 0.708. The van der Waals surface area contributed by atoms with Crippen molar-refractivity contribution >= 4 is 13.9 Å². The Morgan fingerprint density at radius 2 is 1.40 bits per heavy atom. The lowest BCUT2D eigenvalue weighted by molar-refractivity contribution is 0.391. The molecule has 0 saturated carbocycles. The lowest BCUT2D eigenvalue weighted by atomic mass is 10.3. The van der Waals surface area contributed by atoms with Crippen LogP contribution >= 0.6 is 8.58 Å². The van der Waals surface area contributed by atoms with Crippen molar-refractivity contribution in [1.29, 1.82) is 0 Å². The van der Waals surface area contributed by atoms with E-state index in [0.29, 0.717) is 8.58 Å². The molecular weight excluding hydrogens is 203 g/mol. The topological polar surface area (TPSA) is 9.23 Å². The highest BCUT2D eigenvalue weighted by Crippen LogP contribution is 2.14. The molecule has 0 aromatic heterocycles. The smallest absolute Gasteiger partial charge is 0.119 e. The third-order valence-corrected chi connectivity index (χ3v) is 3.06. The van der Waals surface area contributed by atoms with Crippen LogP contribution in [-0.2, 0) is 0 Å². The fraction of sp³-hybridized carbons (Fsp3) is 0.0769. The molecule has 1 atom stereocenters. The number of para-hydroxylation sites is 1. The van der Waals surface area contributed by atoms with Crippen LogP contribution < -0.4 is 10.0 Å². The minimum absolute atomic E-state index is 0.708. The van der Waals surface area contributed by atoms with Gasteiger partial charge in [0, 0.05) is 0 Å². The van der Waals surface area contributed by atoms with Gasteiger partial charge in [-0.2, -0.15) is 0 Å². The minimum Gasteiger partial charge on any atom is -0.489 e. The molecule has 2 aromatic carbocycles. The van der Waals surface area contributed by atoms with Crippen LogP contribution in [0.4, 0.5) is 0 Å². The second kappa shape index (κ2) is 5.53. The van der Waals surface area contributed by atoms with E-state index in [2.05, 4.69) is 24.3 Å².